The number of aromatic nitrogens is 2. The van der Waals surface area contributed by atoms with Crippen LogP contribution >= 0.6 is 0 Å². The molecule has 1 amide bonds. The highest BCUT2D eigenvalue weighted by Crippen LogP contribution is 2.40. The van der Waals surface area contributed by atoms with Gasteiger partial charge in [-0.05, 0) is 52.2 Å². The van der Waals surface area contributed by atoms with Crippen molar-refractivity contribution in [2.75, 3.05) is 24.5 Å². The summed E-state index contributed by atoms with van der Waals surface area (Å²) in [6.45, 7) is 9.10. The third-order valence-corrected chi connectivity index (χ3v) is 5.09. The minimum Gasteiger partial charge on any atom is -0.355 e. The molecule has 0 bridgehead atoms. The molecule has 2 aliphatic heterocycles. The van der Waals surface area contributed by atoms with E-state index in [0.29, 0.717) is 18.4 Å². The molecule has 0 radical (unpaired) electrons. The van der Waals surface area contributed by atoms with Crippen LogP contribution in [0.15, 0.2) is 12.1 Å². The van der Waals surface area contributed by atoms with Crippen molar-refractivity contribution in [3.8, 4) is 0 Å². The largest absolute Gasteiger partial charge is 0.355 e. The molecule has 1 spiro atoms. The number of rotatable bonds is 2. The highest BCUT2D eigenvalue weighted by atomic mass is 16.2. The second-order valence-corrected chi connectivity index (χ2v) is 7.17. The average molecular weight is 302 g/mol. The van der Waals surface area contributed by atoms with E-state index in [-0.39, 0.29) is 5.41 Å². The molecule has 2 aliphatic rings. The first kappa shape index (κ1) is 15.3. The lowest BCUT2D eigenvalue weighted by Gasteiger charge is -2.49. The van der Waals surface area contributed by atoms with Crippen LogP contribution in [-0.2, 0) is 4.79 Å². The van der Waals surface area contributed by atoms with Crippen LogP contribution in [0.1, 0.15) is 45.2 Å². The predicted octanol–water partition coefficient (Wildman–Crippen LogP) is 2.40. The van der Waals surface area contributed by atoms with Crippen molar-refractivity contribution in [1.29, 1.82) is 0 Å². The van der Waals surface area contributed by atoms with Gasteiger partial charge in [-0.25, -0.2) is 0 Å². The number of hydrogen-bond donors (Lipinski definition) is 0. The van der Waals surface area contributed by atoms with Gasteiger partial charge in [0.15, 0.2) is 5.82 Å². The van der Waals surface area contributed by atoms with Gasteiger partial charge in [0, 0.05) is 37.5 Å². The molecule has 0 N–H and O–H groups in total. The summed E-state index contributed by atoms with van der Waals surface area (Å²) in [4.78, 5) is 16.6. The van der Waals surface area contributed by atoms with Crippen LogP contribution in [0.2, 0.25) is 0 Å². The molecule has 3 rings (SSSR count). The van der Waals surface area contributed by atoms with Gasteiger partial charge in [0.2, 0.25) is 5.91 Å². The van der Waals surface area contributed by atoms with E-state index >= 15 is 0 Å². The van der Waals surface area contributed by atoms with Crippen LogP contribution < -0.4 is 4.90 Å². The van der Waals surface area contributed by atoms with Crippen molar-refractivity contribution >= 4 is 11.7 Å². The molecule has 2 saturated heterocycles. The van der Waals surface area contributed by atoms with Crippen molar-refractivity contribution < 1.29 is 4.79 Å². The lowest BCUT2D eigenvalue weighted by molar-refractivity contribution is -0.140. The molecule has 1 atom stereocenters. The molecule has 0 aliphatic carbocycles. The van der Waals surface area contributed by atoms with Crippen LogP contribution in [0.3, 0.4) is 0 Å². The Hall–Kier alpha value is -1.65. The summed E-state index contributed by atoms with van der Waals surface area (Å²) >= 11 is 0. The second-order valence-electron chi connectivity index (χ2n) is 7.17. The Morgan fingerprint density at radius 2 is 2.00 bits per heavy atom. The molecule has 22 heavy (non-hydrogen) atoms. The summed E-state index contributed by atoms with van der Waals surface area (Å²) in [7, 11) is 0. The smallest absolute Gasteiger partial charge is 0.222 e. The fourth-order valence-corrected chi connectivity index (χ4v) is 3.81. The van der Waals surface area contributed by atoms with Gasteiger partial charge < -0.3 is 9.80 Å². The summed E-state index contributed by atoms with van der Waals surface area (Å²) in [6.07, 6.45) is 4.06. The zero-order valence-corrected chi connectivity index (χ0v) is 13.9. The topological polar surface area (TPSA) is 49.3 Å². The first-order valence-corrected chi connectivity index (χ1v) is 8.34. The number of anilines is 1. The minimum atomic E-state index is 0.225. The van der Waals surface area contributed by atoms with E-state index in [1.165, 1.54) is 6.42 Å². The quantitative estimate of drug-likeness (QED) is 0.842. The van der Waals surface area contributed by atoms with Gasteiger partial charge in [0.25, 0.3) is 0 Å². The molecule has 0 aromatic carbocycles. The molecular formula is C17H26N4O. The average Bonchev–Trinajstić information content (AvgIpc) is 2.51. The molecule has 2 fully saturated rings. The van der Waals surface area contributed by atoms with E-state index in [9.17, 15) is 4.79 Å². The highest BCUT2D eigenvalue weighted by Gasteiger charge is 2.42. The van der Waals surface area contributed by atoms with Gasteiger partial charge in [-0.3, -0.25) is 4.79 Å². The number of piperidine rings is 2. The number of carbonyl (C=O) groups excluding carboxylic acids is 1. The van der Waals surface area contributed by atoms with Crippen LogP contribution in [0.4, 0.5) is 5.82 Å². The number of likely N-dealkylation sites (tertiary alicyclic amines) is 1. The zero-order chi connectivity index (χ0) is 15.7. The Labute approximate surface area is 132 Å². The summed E-state index contributed by atoms with van der Waals surface area (Å²) < 4.78 is 0. The first-order valence-electron chi connectivity index (χ1n) is 8.34. The van der Waals surface area contributed by atoms with Crippen LogP contribution in [-0.4, -0.2) is 46.7 Å². The molecule has 5 heteroatoms. The minimum absolute atomic E-state index is 0.225. The Kier molecular flexibility index (Phi) is 4.06. The van der Waals surface area contributed by atoms with Crippen molar-refractivity contribution in [2.24, 2.45) is 5.41 Å². The number of aryl methyl sites for hydroxylation is 1. The van der Waals surface area contributed by atoms with Crippen molar-refractivity contribution in [2.45, 2.75) is 52.5 Å². The SMILES string of the molecule is Cc1ccc(N2CCC[C@@]3(CCC(=O)N(C(C)C)C3)C2)nn1. The van der Waals surface area contributed by atoms with E-state index in [1.807, 2.05) is 13.0 Å². The third kappa shape index (κ3) is 2.94. The monoisotopic (exact) mass is 302 g/mol. The van der Waals surface area contributed by atoms with Crippen molar-refractivity contribution in [1.82, 2.24) is 15.1 Å². The van der Waals surface area contributed by atoms with Crippen molar-refractivity contribution in [3.05, 3.63) is 17.8 Å². The number of amides is 1. The molecule has 3 heterocycles. The Morgan fingerprint density at radius 3 is 2.68 bits per heavy atom. The van der Waals surface area contributed by atoms with Gasteiger partial charge >= 0.3 is 0 Å². The zero-order valence-electron chi connectivity index (χ0n) is 13.9. The van der Waals surface area contributed by atoms with Crippen molar-refractivity contribution in [3.63, 3.8) is 0 Å². The van der Waals surface area contributed by atoms with E-state index in [0.717, 1.165) is 44.0 Å². The summed E-state index contributed by atoms with van der Waals surface area (Å²) in [5.74, 6) is 1.28. The summed E-state index contributed by atoms with van der Waals surface area (Å²) in [5, 5.41) is 8.53. The molecule has 120 valence electrons. The maximum absolute atomic E-state index is 12.1. The Morgan fingerprint density at radius 1 is 1.18 bits per heavy atom. The van der Waals surface area contributed by atoms with Gasteiger partial charge in [-0.2, -0.15) is 5.10 Å². The lowest BCUT2D eigenvalue weighted by atomic mass is 9.73. The summed E-state index contributed by atoms with van der Waals surface area (Å²) in [6, 6.07) is 4.38. The number of carbonyl (C=O) groups is 1. The van der Waals surface area contributed by atoms with Gasteiger partial charge in [0.1, 0.15) is 0 Å². The fourth-order valence-electron chi connectivity index (χ4n) is 3.81. The summed E-state index contributed by atoms with van der Waals surface area (Å²) in [5.41, 5.74) is 1.17. The molecule has 0 unspecified atom stereocenters. The van der Waals surface area contributed by atoms with E-state index < -0.39 is 0 Å². The standard InChI is InChI=1S/C17H26N4O/c1-13(2)21-12-17(9-7-16(21)22)8-4-10-20(11-17)15-6-5-14(3)18-19-15/h5-6,13H,4,7-12H2,1-3H3/t17-/m1/s1. The molecule has 5 nitrogen and oxygen atoms in total. The third-order valence-electron chi connectivity index (χ3n) is 5.09. The van der Waals surface area contributed by atoms with Crippen LogP contribution in [0, 0.1) is 12.3 Å². The maximum Gasteiger partial charge on any atom is 0.222 e. The normalized spacial score (nSPS) is 26.1. The molecule has 0 saturated carbocycles. The van der Waals surface area contributed by atoms with Gasteiger partial charge in [0.05, 0.1) is 5.69 Å². The molecular weight excluding hydrogens is 276 g/mol. The highest BCUT2D eigenvalue weighted by molar-refractivity contribution is 5.77. The maximum atomic E-state index is 12.1. The van der Waals surface area contributed by atoms with Gasteiger partial charge in [-0.1, -0.05) is 0 Å². The Balaban J connectivity index is 1.77. The fraction of sp³-hybridized carbons (Fsp3) is 0.706. The second kappa shape index (κ2) is 5.86. The molecule has 1 aromatic rings. The Bertz CT molecular complexity index is 542. The molecule has 1 aromatic heterocycles. The van der Waals surface area contributed by atoms with E-state index in [2.05, 4.69) is 39.9 Å². The van der Waals surface area contributed by atoms with E-state index in [1.54, 1.807) is 0 Å². The van der Waals surface area contributed by atoms with Gasteiger partial charge in [-0.15, -0.1) is 5.10 Å². The lowest BCUT2D eigenvalue weighted by Crippen LogP contribution is -2.55. The first-order chi connectivity index (χ1) is 10.5. The number of nitrogens with zero attached hydrogens (tertiary/aromatic N) is 4. The van der Waals surface area contributed by atoms with Crippen LogP contribution in [0.5, 0.6) is 0 Å². The van der Waals surface area contributed by atoms with E-state index in [4.69, 9.17) is 0 Å². The predicted molar refractivity (Wildman–Crippen MR) is 86.7 cm³/mol. The number of hydrogen-bond acceptors (Lipinski definition) is 4. The van der Waals surface area contributed by atoms with Crippen LogP contribution in [0.25, 0.3) is 0 Å².